The summed E-state index contributed by atoms with van der Waals surface area (Å²) in [7, 11) is 0. The maximum atomic E-state index is 12.5. The number of nitrogens with one attached hydrogen (secondary N) is 1. The first kappa shape index (κ1) is 18.2. The molecule has 7 heteroatoms. The van der Waals surface area contributed by atoms with E-state index < -0.39 is 0 Å². The highest BCUT2D eigenvalue weighted by Crippen LogP contribution is 2.31. The Hall–Kier alpha value is -1.60. The minimum atomic E-state index is -0.122. The Morgan fingerprint density at radius 2 is 1.96 bits per heavy atom. The predicted molar refractivity (Wildman–Crippen MR) is 105 cm³/mol. The van der Waals surface area contributed by atoms with Crippen molar-refractivity contribution < 1.29 is 4.79 Å². The first-order chi connectivity index (χ1) is 12.2. The normalized spacial score (nSPS) is 15.8. The molecule has 25 heavy (non-hydrogen) atoms. The first-order valence-corrected chi connectivity index (χ1v) is 10.5. The molecule has 1 aliphatic rings. The van der Waals surface area contributed by atoms with Gasteiger partial charge < -0.3 is 10.2 Å². The van der Waals surface area contributed by atoms with Crippen LogP contribution < -0.4 is 5.32 Å². The number of carbonyl (C=O) groups excluding carboxylic acids is 1. The highest BCUT2D eigenvalue weighted by molar-refractivity contribution is 8.02. The van der Waals surface area contributed by atoms with Crippen molar-refractivity contribution in [1.29, 1.82) is 0 Å². The Balaban J connectivity index is 1.56. The molecule has 3 rings (SSSR count). The van der Waals surface area contributed by atoms with Gasteiger partial charge in [-0.3, -0.25) is 4.79 Å². The number of nitrogens with zero attached hydrogens (tertiary/aromatic N) is 3. The molecule has 0 aliphatic carbocycles. The Morgan fingerprint density at radius 3 is 2.64 bits per heavy atom. The molecule has 0 bridgehead atoms. The summed E-state index contributed by atoms with van der Waals surface area (Å²) in [5, 5.41) is 12.3. The molecule has 1 amide bonds. The van der Waals surface area contributed by atoms with Crippen LogP contribution in [0.4, 0.5) is 10.8 Å². The molecule has 1 saturated heterocycles. The van der Waals surface area contributed by atoms with Gasteiger partial charge in [0, 0.05) is 18.8 Å². The number of carbonyl (C=O) groups is 1. The molecule has 5 nitrogen and oxygen atoms in total. The van der Waals surface area contributed by atoms with Gasteiger partial charge in [-0.25, -0.2) is 0 Å². The summed E-state index contributed by atoms with van der Waals surface area (Å²) >= 11 is 2.99. The lowest BCUT2D eigenvalue weighted by molar-refractivity contribution is -0.131. The van der Waals surface area contributed by atoms with Crippen LogP contribution in [0.25, 0.3) is 0 Å². The Labute approximate surface area is 157 Å². The second-order valence-electron chi connectivity index (χ2n) is 6.19. The van der Waals surface area contributed by atoms with Gasteiger partial charge in [-0.15, -0.1) is 10.2 Å². The van der Waals surface area contributed by atoms with Crippen molar-refractivity contribution in [2.45, 2.75) is 49.1 Å². The van der Waals surface area contributed by atoms with Gasteiger partial charge in [0.1, 0.15) is 0 Å². The topological polar surface area (TPSA) is 58.1 Å². The van der Waals surface area contributed by atoms with E-state index in [4.69, 9.17) is 0 Å². The summed E-state index contributed by atoms with van der Waals surface area (Å²) in [4.78, 5) is 14.5. The van der Waals surface area contributed by atoms with E-state index in [1.807, 2.05) is 11.8 Å². The average molecular weight is 377 g/mol. The molecule has 2 aromatic rings. The Morgan fingerprint density at radius 1 is 1.24 bits per heavy atom. The van der Waals surface area contributed by atoms with Crippen LogP contribution in [0.5, 0.6) is 0 Å². The lowest BCUT2D eigenvalue weighted by atomic mass is 10.1. The summed E-state index contributed by atoms with van der Waals surface area (Å²) in [5.74, 6) is 0.213. The van der Waals surface area contributed by atoms with Crippen LogP contribution in [-0.4, -0.2) is 39.3 Å². The summed E-state index contributed by atoms with van der Waals surface area (Å²) < 4.78 is 0.825. The molecular formula is C18H24N4OS2. The summed E-state index contributed by atoms with van der Waals surface area (Å²) in [5.41, 5.74) is 2.31. The van der Waals surface area contributed by atoms with E-state index in [0.29, 0.717) is 0 Å². The van der Waals surface area contributed by atoms with Crippen molar-refractivity contribution in [3.05, 3.63) is 29.8 Å². The van der Waals surface area contributed by atoms with E-state index in [1.165, 1.54) is 35.1 Å². The molecule has 0 saturated carbocycles. The Kier molecular flexibility index (Phi) is 6.31. The van der Waals surface area contributed by atoms with Crippen LogP contribution in [0.15, 0.2) is 28.6 Å². The number of rotatable bonds is 6. The molecule has 1 N–H and O–H groups in total. The monoisotopic (exact) mass is 376 g/mol. The lowest BCUT2D eigenvalue weighted by Gasteiger charge is -2.28. The molecule has 0 radical (unpaired) electrons. The van der Waals surface area contributed by atoms with Gasteiger partial charge in [-0.05, 0) is 50.3 Å². The summed E-state index contributed by atoms with van der Waals surface area (Å²) in [6, 6.07) is 8.32. The standard InChI is InChI=1S/C18H24N4OS2/c1-3-14-7-9-15(10-8-14)19-17-20-21-18(25-17)24-13(2)16(23)22-11-5-4-6-12-22/h7-10,13H,3-6,11-12H2,1-2H3,(H,19,20)/t13-/m0/s1. The number of amides is 1. The average Bonchev–Trinajstić information content (AvgIpc) is 3.09. The van der Waals surface area contributed by atoms with Crippen LogP contribution in [-0.2, 0) is 11.2 Å². The molecule has 0 unspecified atom stereocenters. The molecule has 0 spiro atoms. The van der Waals surface area contributed by atoms with Gasteiger partial charge in [-0.2, -0.15) is 0 Å². The zero-order valence-electron chi connectivity index (χ0n) is 14.7. The summed E-state index contributed by atoms with van der Waals surface area (Å²) in [6.45, 7) is 5.88. The minimum Gasteiger partial charge on any atom is -0.342 e. The largest absolute Gasteiger partial charge is 0.342 e. The summed E-state index contributed by atoms with van der Waals surface area (Å²) in [6.07, 6.45) is 4.50. The van der Waals surface area contributed by atoms with E-state index >= 15 is 0 Å². The zero-order valence-corrected chi connectivity index (χ0v) is 16.3. The zero-order chi connectivity index (χ0) is 17.6. The highest BCUT2D eigenvalue weighted by Gasteiger charge is 2.24. The number of hydrogen-bond acceptors (Lipinski definition) is 6. The quantitative estimate of drug-likeness (QED) is 0.760. The van der Waals surface area contributed by atoms with Crippen LogP contribution in [0.3, 0.4) is 0 Å². The molecule has 1 aromatic carbocycles. The van der Waals surface area contributed by atoms with Gasteiger partial charge in [0.15, 0.2) is 4.34 Å². The number of benzene rings is 1. The van der Waals surface area contributed by atoms with Crippen molar-refractivity contribution in [2.24, 2.45) is 0 Å². The van der Waals surface area contributed by atoms with E-state index in [1.54, 1.807) is 0 Å². The van der Waals surface area contributed by atoms with E-state index in [0.717, 1.165) is 47.5 Å². The van der Waals surface area contributed by atoms with Crippen LogP contribution in [0, 0.1) is 0 Å². The number of aryl methyl sites for hydroxylation is 1. The predicted octanol–water partition coefficient (Wildman–Crippen LogP) is 4.34. The van der Waals surface area contributed by atoms with Crippen molar-refractivity contribution in [3.63, 3.8) is 0 Å². The van der Waals surface area contributed by atoms with E-state index in [2.05, 4.69) is 46.7 Å². The molecular weight excluding hydrogens is 352 g/mol. The molecule has 1 aromatic heterocycles. The molecule has 1 aliphatic heterocycles. The fraction of sp³-hybridized carbons (Fsp3) is 0.500. The second-order valence-corrected chi connectivity index (χ2v) is 8.76. The first-order valence-electron chi connectivity index (χ1n) is 8.80. The fourth-order valence-electron chi connectivity index (χ4n) is 2.83. The lowest BCUT2D eigenvalue weighted by Crippen LogP contribution is -2.40. The van der Waals surface area contributed by atoms with Crippen molar-refractivity contribution in [3.8, 4) is 0 Å². The van der Waals surface area contributed by atoms with Crippen LogP contribution >= 0.6 is 23.1 Å². The third-order valence-electron chi connectivity index (χ3n) is 4.31. The van der Waals surface area contributed by atoms with Gasteiger partial charge in [0.2, 0.25) is 11.0 Å². The fourth-order valence-corrected chi connectivity index (χ4v) is 4.83. The maximum Gasteiger partial charge on any atom is 0.235 e. The number of hydrogen-bond donors (Lipinski definition) is 1. The Bertz CT molecular complexity index is 695. The third kappa shape index (κ3) is 4.95. The van der Waals surface area contributed by atoms with Gasteiger partial charge in [0.25, 0.3) is 0 Å². The number of piperidine rings is 1. The highest BCUT2D eigenvalue weighted by atomic mass is 32.2. The number of thioether (sulfide) groups is 1. The molecule has 2 heterocycles. The van der Waals surface area contributed by atoms with Gasteiger partial charge in [0.05, 0.1) is 5.25 Å². The molecule has 1 atom stereocenters. The van der Waals surface area contributed by atoms with Crippen LogP contribution in [0.1, 0.15) is 38.7 Å². The van der Waals surface area contributed by atoms with Crippen molar-refractivity contribution in [1.82, 2.24) is 15.1 Å². The maximum absolute atomic E-state index is 12.5. The number of anilines is 2. The van der Waals surface area contributed by atoms with Crippen molar-refractivity contribution >= 4 is 39.8 Å². The minimum absolute atomic E-state index is 0.122. The van der Waals surface area contributed by atoms with Gasteiger partial charge >= 0.3 is 0 Å². The number of aromatic nitrogens is 2. The number of likely N-dealkylation sites (tertiary alicyclic amines) is 1. The van der Waals surface area contributed by atoms with Gasteiger partial charge in [-0.1, -0.05) is 42.2 Å². The third-order valence-corrected chi connectivity index (χ3v) is 6.32. The smallest absolute Gasteiger partial charge is 0.235 e. The SMILES string of the molecule is CCc1ccc(Nc2nnc(S[C@@H](C)C(=O)N3CCCCC3)s2)cc1. The molecule has 134 valence electrons. The van der Waals surface area contributed by atoms with Crippen molar-refractivity contribution in [2.75, 3.05) is 18.4 Å². The second kappa shape index (κ2) is 8.67. The molecule has 1 fully saturated rings. The van der Waals surface area contributed by atoms with E-state index in [9.17, 15) is 4.79 Å². The van der Waals surface area contributed by atoms with Crippen LogP contribution in [0.2, 0.25) is 0 Å². The van der Waals surface area contributed by atoms with E-state index in [-0.39, 0.29) is 11.2 Å².